The molecule has 2 unspecified atom stereocenters. The molecule has 2 rings (SSSR count). The Balaban J connectivity index is 2.30. The number of hydrogen-bond donors (Lipinski definition) is 2. The van der Waals surface area contributed by atoms with Crippen molar-refractivity contribution in [1.29, 1.82) is 0 Å². The number of carboxylic acids is 1. The van der Waals surface area contributed by atoms with Crippen LogP contribution in [0.25, 0.3) is 0 Å². The predicted molar refractivity (Wildman–Crippen MR) is 80.2 cm³/mol. The Morgan fingerprint density at radius 2 is 2.00 bits per heavy atom. The number of halogens is 1. The van der Waals surface area contributed by atoms with Gasteiger partial charge in [0.2, 0.25) is 10.0 Å². The Hall–Kier alpha value is -1.11. The zero-order chi connectivity index (χ0) is 15.6. The molecule has 1 aromatic rings. The minimum absolute atomic E-state index is 0.0240. The lowest BCUT2D eigenvalue weighted by atomic mass is 9.87. The standard InChI is InChI=1S/C14H18ClNO4S/c1-9-4-2-3-5-12(9)16-21(19,20)13-8-10(14(17)18)6-7-11(13)15/h6-9,12,16H,2-5H2,1H3,(H,17,18). The summed E-state index contributed by atoms with van der Waals surface area (Å²) >= 11 is 5.93. The average Bonchev–Trinajstić information content (AvgIpc) is 2.41. The van der Waals surface area contributed by atoms with Gasteiger partial charge >= 0.3 is 5.97 Å². The van der Waals surface area contributed by atoms with Crippen LogP contribution in [0.3, 0.4) is 0 Å². The van der Waals surface area contributed by atoms with E-state index in [2.05, 4.69) is 4.72 Å². The van der Waals surface area contributed by atoms with Gasteiger partial charge in [-0.15, -0.1) is 0 Å². The van der Waals surface area contributed by atoms with Crippen molar-refractivity contribution in [1.82, 2.24) is 4.72 Å². The number of aromatic carboxylic acids is 1. The van der Waals surface area contributed by atoms with E-state index < -0.39 is 16.0 Å². The van der Waals surface area contributed by atoms with Crippen molar-refractivity contribution < 1.29 is 18.3 Å². The number of nitrogens with one attached hydrogen (secondary N) is 1. The van der Waals surface area contributed by atoms with Crippen molar-refractivity contribution in [3.8, 4) is 0 Å². The van der Waals surface area contributed by atoms with Gasteiger partial charge in [0, 0.05) is 6.04 Å². The molecule has 1 aliphatic carbocycles. The second-order valence-electron chi connectivity index (χ2n) is 5.44. The molecule has 0 aromatic heterocycles. The molecule has 1 fully saturated rings. The molecule has 0 heterocycles. The third-order valence-electron chi connectivity index (χ3n) is 3.89. The van der Waals surface area contributed by atoms with Gasteiger partial charge < -0.3 is 5.11 Å². The third kappa shape index (κ3) is 3.75. The summed E-state index contributed by atoms with van der Waals surface area (Å²) in [5, 5.41) is 9.00. The van der Waals surface area contributed by atoms with Crippen LogP contribution in [0.5, 0.6) is 0 Å². The summed E-state index contributed by atoms with van der Waals surface area (Å²) in [7, 11) is -3.82. The van der Waals surface area contributed by atoms with Gasteiger partial charge in [-0.3, -0.25) is 0 Å². The third-order valence-corrected chi connectivity index (χ3v) is 5.86. The molecule has 1 saturated carbocycles. The second kappa shape index (κ2) is 6.34. The van der Waals surface area contributed by atoms with Gasteiger partial charge in [0.1, 0.15) is 4.90 Å². The summed E-state index contributed by atoms with van der Waals surface area (Å²) in [6.07, 6.45) is 3.86. The molecule has 0 aliphatic heterocycles. The topological polar surface area (TPSA) is 83.5 Å². The van der Waals surface area contributed by atoms with E-state index in [1.54, 1.807) is 0 Å². The van der Waals surface area contributed by atoms with Crippen LogP contribution in [0.15, 0.2) is 23.1 Å². The van der Waals surface area contributed by atoms with Crippen LogP contribution in [-0.2, 0) is 10.0 Å². The highest BCUT2D eigenvalue weighted by molar-refractivity contribution is 7.89. The highest BCUT2D eigenvalue weighted by Gasteiger charge is 2.28. The highest BCUT2D eigenvalue weighted by Crippen LogP contribution is 2.27. The zero-order valence-electron chi connectivity index (χ0n) is 11.7. The van der Waals surface area contributed by atoms with E-state index >= 15 is 0 Å². The molecular weight excluding hydrogens is 314 g/mol. The van der Waals surface area contributed by atoms with Gasteiger partial charge in [0.05, 0.1) is 10.6 Å². The fourth-order valence-corrected chi connectivity index (χ4v) is 4.50. The molecule has 0 bridgehead atoms. The normalized spacial score (nSPS) is 23.0. The van der Waals surface area contributed by atoms with Gasteiger partial charge in [-0.25, -0.2) is 17.9 Å². The van der Waals surface area contributed by atoms with Crippen molar-refractivity contribution in [3.63, 3.8) is 0 Å². The number of benzene rings is 1. The van der Waals surface area contributed by atoms with E-state index in [9.17, 15) is 13.2 Å². The molecule has 7 heteroatoms. The first-order valence-corrected chi connectivity index (χ1v) is 8.72. The molecular formula is C14H18ClNO4S. The van der Waals surface area contributed by atoms with Crippen LogP contribution in [0.1, 0.15) is 43.0 Å². The molecule has 1 aliphatic rings. The fraction of sp³-hybridized carbons (Fsp3) is 0.500. The average molecular weight is 332 g/mol. The quantitative estimate of drug-likeness (QED) is 0.888. The smallest absolute Gasteiger partial charge is 0.335 e. The SMILES string of the molecule is CC1CCCCC1NS(=O)(=O)c1cc(C(=O)O)ccc1Cl. The van der Waals surface area contributed by atoms with Gasteiger partial charge in [-0.05, 0) is 37.0 Å². The molecule has 0 saturated heterocycles. The first-order valence-electron chi connectivity index (χ1n) is 6.86. The summed E-state index contributed by atoms with van der Waals surface area (Å²) in [6.45, 7) is 2.02. The molecule has 0 amide bonds. The molecule has 0 spiro atoms. The molecule has 1 aromatic carbocycles. The van der Waals surface area contributed by atoms with E-state index in [4.69, 9.17) is 16.7 Å². The second-order valence-corrected chi connectivity index (χ2v) is 7.53. The summed E-state index contributed by atoms with van der Waals surface area (Å²) < 4.78 is 27.6. The Morgan fingerprint density at radius 1 is 1.33 bits per heavy atom. The number of sulfonamides is 1. The van der Waals surface area contributed by atoms with Crippen LogP contribution in [0.4, 0.5) is 0 Å². The van der Waals surface area contributed by atoms with Gasteiger partial charge in [-0.1, -0.05) is 31.4 Å². The lowest BCUT2D eigenvalue weighted by Gasteiger charge is -2.29. The minimum atomic E-state index is -3.82. The van der Waals surface area contributed by atoms with E-state index in [-0.39, 0.29) is 27.4 Å². The molecule has 2 atom stereocenters. The lowest BCUT2D eigenvalue weighted by molar-refractivity contribution is 0.0696. The fourth-order valence-electron chi connectivity index (χ4n) is 2.60. The van der Waals surface area contributed by atoms with E-state index in [0.717, 1.165) is 31.7 Å². The zero-order valence-corrected chi connectivity index (χ0v) is 13.2. The lowest BCUT2D eigenvalue weighted by Crippen LogP contribution is -2.41. The maximum Gasteiger partial charge on any atom is 0.335 e. The minimum Gasteiger partial charge on any atom is -0.478 e. The van der Waals surface area contributed by atoms with Crippen molar-refractivity contribution in [2.24, 2.45) is 5.92 Å². The number of hydrogen-bond acceptors (Lipinski definition) is 3. The van der Waals surface area contributed by atoms with Crippen molar-refractivity contribution >= 4 is 27.6 Å². The number of rotatable bonds is 4. The summed E-state index contributed by atoms with van der Waals surface area (Å²) in [4.78, 5) is 10.8. The molecule has 116 valence electrons. The Labute approximate surface area is 129 Å². The van der Waals surface area contributed by atoms with Gasteiger partial charge in [0.25, 0.3) is 0 Å². The molecule has 2 N–H and O–H groups in total. The molecule has 21 heavy (non-hydrogen) atoms. The van der Waals surface area contributed by atoms with Gasteiger partial charge in [-0.2, -0.15) is 0 Å². The number of carboxylic acid groups (broad SMARTS) is 1. The first-order chi connectivity index (χ1) is 9.81. The Kier molecular flexibility index (Phi) is 4.91. The highest BCUT2D eigenvalue weighted by atomic mass is 35.5. The Morgan fingerprint density at radius 3 is 2.62 bits per heavy atom. The Bertz CT molecular complexity index is 644. The molecule has 0 radical (unpaired) electrons. The van der Waals surface area contributed by atoms with Crippen LogP contribution in [0, 0.1) is 5.92 Å². The van der Waals surface area contributed by atoms with Gasteiger partial charge in [0.15, 0.2) is 0 Å². The van der Waals surface area contributed by atoms with Crippen molar-refractivity contribution in [2.45, 2.75) is 43.5 Å². The largest absolute Gasteiger partial charge is 0.478 e. The van der Waals surface area contributed by atoms with Crippen molar-refractivity contribution in [2.75, 3.05) is 0 Å². The van der Waals surface area contributed by atoms with Crippen LogP contribution < -0.4 is 4.72 Å². The predicted octanol–water partition coefficient (Wildman–Crippen LogP) is 2.90. The summed E-state index contributed by atoms with van der Waals surface area (Å²) in [6, 6.07) is 3.55. The maximum absolute atomic E-state index is 12.5. The summed E-state index contributed by atoms with van der Waals surface area (Å²) in [5.74, 6) is -0.927. The van der Waals surface area contributed by atoms with E-state index in [0.29, 0.717) is 0 Å². The number of carbonyl (C=O) groups is 1. The van der Waals surface area contributed by atoms with Crippen LogP contribution in [-0.4, -0.2) is 25.5 Å². The van der Waals surface area contributed by atoms with Crippen LogP contribution in [0.2, 0.25) is 5.02 Å². The maximum atomic E-state index is 12.5. The van der Waals surface area contributed by atoms with Crippen molar-refractivity contribution in [3.05, 3.63) is 28.8 Å². The van der Waals surface area contributed by atoms with E-state index in [1.165, 1.54) is 12.1 Å². The van der Waals surface area contributed by atoms with Crippen LogP contribution >= 0.6 is 11.6 Å². The summed E-state index contributed by atoms with van der Waals surface area (Å²) in [5.41, 5.74) is -0.100. The van der Waals surface area contributed by atoms with E-state index in [1.807, 2.05) is 6.92 Å². The monoisotopic (exact) mass is 331 g/mol. The first kappa shape index (κ1) is 16.3. The molecule has 5 nitrogen and oxygen atoms in total.